The third-order valence-corrected chi connectivity index (χ3v) is 1.05. The standard InChI is InChI=1S/C6H7N3O.CH4/c7-9-6(10)5-2-1-3-8-4-5;/h1-4H,7H2,(H,9,10);1H4. The summed E-state index contributed by atoms with van der Waals surface area (Å²) in [6.45, 7) is 0. The molecule has 0 unspecified atom stereocenters. The van der Waals surface area contributed by atoms with Gasteiger partial charge in [0.15, 0.2) is 0 Å². The molecule has 0 atom stereocenters. The lowest BCUT2D eigenvalue weighted by Crippen LogP contribution is -2.29. The van der Waals surface area contributed by atoms with Crippen molar-refractivity contribution in [3.63, 3.8) is 0 Å². The smallest absolute Gasteiger partial charge is 0.266 e. The van der Waals surface area contributed by atoms with Crippen LogP contribution < -0.4 is 11.3 Å². The number of carbonyl (C=O) groups excluding carboxylic acids is 1. The van der Waals surface area contributed by atoms with Gasteiger partial charge in [0.1, 0.15) is 0 Å². The fourth-order valence-corrected chi connectivity index (χ4v) is 0.580. The number of hydrogen-bond donors (Lipinski definition) is 2. The van der Waals surface area contributed by atoms with E-state index < -0.39 is 0 Å². The van der Waals surface area contributed by atoms with Gasteiger partial charge in [0.05, 0.1) is 5.56 Å². The average molecular weight is 153 g/mol. The van der Waals surface area contributed by atoms with Crippen LogP contribution in [-0.4, -0.2) is 10.9 Å². The summed E-state index contributed by atoms with van der Waals surface area (Å²) in [5.74, 6) is 4.55. The first kappa shape index (κ1) is 9.58. The molecule has 1 heterocycles. The molecule has 11 heavy (non-hydrogen) atoms. The van der Waals surface area contributed by atoms with Gasteiger partial charge in [0, 0.05) is 12.4 Å². The van der Waals surface area contributed by atoms with Crippen molar-refractivity contribution in [2.75, 3.05) is 0 Å². The third kappa shape index (κ3) is 2.35. The SMILES string of the molecule is C.NNC(=O)c1cccnc1. The van der Waals surface area contributed by atoms with Crippen molar-refractivity contribution < 1.29 is 4.79 Å². The molecule has 0 saturated heterocycles. The Morgan fingerprint density at radius 1 is 1.64 bits per heavy atom. The first-order chi connectivity index (χ1) is 4.84. The van der Waals surface area contributed by atoms with Gasteiger partial charge in [-0.15, -0.1) is 0 Å². The Hall–Kier alpha value is -1.42. The van der Waals surface area contributed by atoms with E-state index in [-0.39, 0.29) is 13.3 Å². The second-order valence-corrected chi connectivity index (χ2v) is 1.72. The van der Waals surface area contributed by atoms with Crippen molar-refractivity contribution in [2.24, 2.45) is 5.84 Å². The number of nitrogens with zero attached hydrogens (tertiary/aromatic N) is 1. The summed E-state index contributed by atoms with van der Waals surface area (Å²) in [6, 6.07) is 3.31. The number of nitrogens with one attached hydrogen (secondary N) is 1. The Morgan fingerprint density at radius 3 is 2.82 bits per heavy atom. The molecule has 3 N–H and O–H groups in total. The summed E-state index contributed by atoms with van der Waals surface area (Å²) in [5.41, 5.74) is 2.47. The highest BCUT2D eigenvalue weighted by Gasteiger charge is 1.99. The van der Waals surface area contributed by atoms with Crippen molar-refractivity contribution in [3.8, 4) is 0 Å². The van der Waals surface area contributed by atoms with Crippen LogP contribution in [0.5, 0.6) is 0 Å². The topological polar surface area (TPSA) is 68.0 Å². The number of carbonyl (C=O) groups is 1. The van der Waals surface area contributed by atoms with Crippen LogP contribution in [0.25, 0.3) is 0 Å². The van der Waals surface area contributed by atoms with Crippen LogP contribution >= 0.6 is 0 Å². The zero-order chi connectivity index (χ0) is 7.40. The van der Waals surface area contributed by atoms with Gasteiger partial charge >= 0.3 is 0 Å². The lowest BCUT2D eigenvalue weighted by atomic mass is 10.3. The van der Waals surface area contributed by atoms with Crippen molar-refractivity contribution in [2.45, 2.75) is 7.43 Å². The number of aromatic nitrogens is 1. The number of amides is 1. The molecule has 1 rings (SSSR count). The number of pyridine rings is 1. The van der Waals surface area contributed by atoms with Crippen molar-refractivity contribution in [1.29, 1.82) is 0 Å². The van der Waals surface area contributed by atoms with Gasteiger partial charge in [0.2, 0.25) is 0 Å². The van der Waals surface area contributed by atoms with Crippen LogP contribution in [0.15, 0.2) is 24.5 Å². The molecule has 1 aromatic rings. The normalized spacial score (nSPS) is 8.09. The summed E-state index contributed by atoms with van der Waals surface area (Å²) in [6.07, 6.45) is 3.04. The van der Waals surface area contributed by atoms with Gasteiger partial charge in [-0.25, -0.2) is 5.84 Å². The maximum absolute atomic E-state index is 10.7. The largest absolute Gasteiger partial charge is 0.290 e. The van der Waals surface area contributed by atoms with E-state index in [1.165, 1.54) is 6.20 Å². The zero-order valence-corrected chi connectivity index (χ0v) is 5.24. The first-order valence-electron chi connectivity index (χ1n) is 2.75. The monoisotopic (exact) mass is 153 g/mol. The maximum atomic E-state index is 10.7. The minimum absolute atomic E-state index is 0. The van der Waals surface area contributed by atoms with Crippen LogP contribution in [0.1, 0.15) is 17.8 Å². The van der Waals surface area contributed by atoms with E-state index in [1.807, 2.05) is 5.43 Å². The van der Waals surface area contributed by atoms with E-state index in [0.717, 1.165) is 0 Å². The van der Waals surface area contributed by atoms with Crippen LogP contribution in [0.2, 0.25) is 0 Å². The molecule has 0 aliphatic heterocycles. The number of rotatable bonds is 1. The van der Waals surface area contributed by atoms with Gasteiger partial charge in [-0.05, 0) is 12.1 Å². The molecule has 0 aliphatic rings. The molecule has 0 fully saturated rings. The Kier molecular flexibility index (Phi) is 3.84. The molecule has 0 bridgehead atoms. The van der Waals surface area contributed by atoms with E-state index in [4.69, 9.17) is 5.84 Å². The van der Waals surface area contributed by atoms with E-state index >= 15 is 0 Å². The van der Waals surface area contributed by atoms with E-state index in [0.29, 0.717) is 5.56 Å². The van der Waals surface area contributed by atoms with Gasteiger partial charge in [0.25, 0.3) is 5.91 Å². The highest BCUT2D eigenvalue weighted by atomic mass is 16.2. The summed E-state index contributed by atoms with van der Waals surface area (Å²) < 4.78 is 0. The fourth-order valence-electron chi connectivity index (χ4n) is 0.580. The first-order valence-corrected chi connectivity index (χ1v) is 2.75. The molecule has 4 heteroatoms. The number of hydrogen-bond acceptors (Lipinski definition) is 3. The molecule has 0 aromatic carbocycles. The molecule has 0 aliphatic carbocycles. The lowest BCUT2D eigenvalue weighted by molar-refractivity contribution is 0.0953. The molecule has 4 nitrogen and oxygen atoms in total. The second-order valence-electron chi connectivity index (χ2n) is 1.72. The summed E-state index contributed by atoms with van der Waals surface area (Å²) in [4.78, 5) is 14.5. The zero-order valence-electron chi connectivity index (χ0n) is 5.24. The predicted octanol–water partition coefficient (Wildman–Crippen LogP) is 0.321. The number of nitrogen functional groups attached to an aromatic ring is 1. The molecule has 1 amide bonds. The minimum Gasteiger partial charge on any atom is -0.290 e. The molecule has 0 radical (unpaired) electrons. The average Bonchev–Trinajstić information content (AvgIpc) is 2.05. The van der Waals surface area contributed by atoms with E-state index in [9.17, 15) is 4.79 Å². The summed E-state index contributed by atoms with van der Waals surface area (Å²) >= 11 is 0. The predicted molar refractivity (Wildman–Crippen MR) is 42.6 cm³/mol. The quantitative estimate of drug-likeness (QED) is 0.347. The van der Waals surface area contributed by atoms with Crippen molar-refractivity contribution in [1.82, 2.24) is 10.4 Å². The molecular formula is C7H11N3O. The van der Waals surface area contributed by atoms with Crippen LogP contribution in [0.3, 0.4) is 0 Å². The van der Waals surface area contributed by atoms with Crippen LogP contribution in [-0.2, 0) is 0 Å². The molecule has 1 aromatic heterocycles. The second kappa shape index (κ2) is 4.40. The van der Waals surface area contributed by atoms with Crippen molar-refractivity contribution in [3.05, 3.63) is 30.1 Å². The van der Waals surface area contributed by atoms with Gasteiger partial charge < -0.3 is 0 Å². The van der Waals surface area contributed by atoms with E-state index in [2.05, 4.69) is 4.98 Å². The van der Waals surface area contributed by atoms with Gasteiger partial charge in [-0.3, -0.25) is 15.2 Å². The molecule has 0 spiro atoms. The number of hydrazine groups is 1. The fraction of sp³-hybridized carbons (Fsp3) is 0.143. The van der Waals surface area contributed by atoms with E-state index in [1.54, 1.807) is 18.3 Å². The minimum atomic E-state index is -0.326. The Bertz CT molecular complexity index is 222. The Labute approximate surface area is 65.4 Å². The highest BCUT2D eigenvalue weighted by molar-refractivity contribution is 5.93. The van der Waals surface area contributed by atoms with Gasteiger partial charge in [-0.2, -0.15) is 0 Å². The Balaban J connectivity index is 0.000001000. The van der Waals surface area contributed by atoms with Crippen molar-refractivity contribution >= 4 is 5.91 Å². The number of nitrogens with two attached hydrogens (primary N) is 1. The maximum Gasteiger partial charge on any atom is 0.266 e. The lowest BCUT2D eigenvalue weighted by Gasteiger charge is -1.95. The van der Waals surface area contributed by atoms with Crippen LogP contribution in [0.4, 0.5) is 0 Å². The van der Waals surface area contributed by atoms with Gasteiger partial charge in [-0.1, -0.05) is 7.43 Å². The third-order valence-electron chi connectivity index (χ3n) is 1.05. The summed E-state index contributed by atoms with van der Waals surface area (Å²) in [5, 5.41) is 0. The summed E-state index contributed by atoms with van der Waals surface area (Å²) in [7, 11) is 0. The highest BCUT2D eigenvalue weighted by Crippen LogP contribution is 1.92. The van der Waals surface area contributed by atoms with Crippen LogP contribution in [0, 0.1) is 0 Å². The Morgan fingerprint density at radius 2 is 2.36 bits per heavy atom. The molecule has 60 valence electrons. The molecule has 0 saturated carbocycles. The molecular weight excluding hydrogens is 142 g/mol.